The van der Waals surface area contributed by atoms with Gasteiger partial charge in [0.15, 0.2) is 6.23 Å². The van der Waals surface area contributed by atoms with Crippen molar-refractivity contribution in [3.8, 4) is 5.75 Å². The topological polar surface area (TPSA) is 166 Å². The van der Waals surface area contributed by atoms with Gasteiger partial charge in [-0.15, -0.1) is 0 Å². The number of nitrogens with one attached hydrogen (secondary N) is 1. The van der Waals surface area contributed by atoms with E-state index >= 15 is 0 Å². The summed E-state index contributed by atoms with van der Waals surface area (Å²) < 4.78 is 38.2. The van der Waals surface area contributed by atoms with Crippen molar-refractivity contribution in [2.24, 2.45) is 0 Å². The molecule has 0 saturated heterocycles. The number of likely N-dealkylation sites (N-methyl/N-ethyl adjacent to an activating group) is 1. The van der Waals surface area contributed by atoms with E-state index in [0.717, 1.165) is 11.8 Å². The summed E-state index contributed by atoms with van der Waals surface area (Å²) in [4.78, 5) is 49.6. The normalized spacial score (nSPS) is 19.4. The largest absolute Gasteiger partial charge is 0.481 e. The van der Waals surface area contributed by atoms with Crippen LogP contribution in [-0.4, -0.2) is 64.2 Å². The molecule has 13 nitrogen and oxygen atoms in total. The molecule has 2 heterocycles. The minimum absolute atomic E-state index is 0.190. The van der Waals surface area contributed by atoms with Gasteiger partial charge in [-0.2, -0.15) is 4.67 Å². The molecule has 1 unspecified atom stereocenters. The van der Waals surface area contributed by atoms with Crippen LogP contribution in [0.4, 0.5) is 0 Å². The fraction of sp³-hybridized carbons (Fsp3) is 0.391. The molecule has 0 aliphatic carbocycles. The molecule has 14 heteroatoms. The number of esters is 1. The third kappa shape index (κ3) is 7.04. The highest BCUT2D eigenvalue weighted by Gasteiger charge is 2.42. The smallest absolute Gasteiger partial charge is 0.462 e. The number of nitrogens with zero attached hydrogens (tertiary/aromatic N) is 2. The number of aromatic amines is 1. The zero-order valence-electron chi connectivity index (χ0n) is 20.4. The third-order valence-corrected chi connectivity index (χ3v) is 7.50. The second-order valence-electron chi connectivity index (χ2n) is 8.14. The Bertz CT molecular complexity index is 1310. The van der Waals surface area contributed by atoms with Gasteiger partial charge in [-0.25, -0.2) is 9.36 Å². The van der Waals surface area contributed by atoms with Crippen LogP contribution < -0.4 is 15.8 Å². The van der Waals surface area contributed by atoms with Gasteiger partial charge in [-0.3, -0.25) is 28.5 Å². The highest BCUT2D eigenvalue weighted by molar-refractivity contribution is 7.51. The van der Waals surface area contributed by atoms with Crippen LogP contribution in [0.15, 0.2) is 58.3 Å². The molecule has 2 N–H and O–H groups in total. The highest BCUT2D eigenvalue weighted by Crippen LogP contribution is 2.53. The minimum Gasteiger partial charge on any atom is -0.481 e. The van der Waals surface area contributed by atoms with Crippen LogP contribution in [0.25, 0.3) is 0 Å². The third-order valence-electron chi connectivity index (χ3n) is 5.53. The minimum atomic E-state index is -4.27. The molecule has 37 heavy (non-hydrogen) atoms. The number of carbonyl (C=O) groups is 2. The first kappa shape index (κ1) is 28.1. The van der Waals surface area contributed by atoms with Crippen LogP contribution in [0.5, 0.6) is 5.75 Å². The number of aliphatic carboxylic acids is 1. The summed E-state index contributed by atoms with van der Waals surface area (Å²) in [7, 11) is -1.83. The molecule has 3 rings (SSSR count). The lowest BCUT2D eigenvalue weighted by Crippen LogP contribution is -2.39. The van der Waals surface area contributed by atoms with Crippen LogP contribution in [0.3, 0.4) is 0 Å². The number of methoxy groups -OCH3 is 1. The van der Waals surface area contributed by atoms with E-state index in [-0.39, 0.29) is 25.2 Å². The maximum absolute atomic E-state index is 14.0. The molecule has 0 fully saturated rings. The number of carboxylic acid groups (broad SMARTS) is 1. The summed E-state index contributed by atoms with van der Waals surface area (Å²) in [5, 5.41) is 9.08. The fourth-order valence-electron chi connectivity index (χ4n) is 3.51. The van der Waals surface area contributed by atoms with Gasteiger partial charge in [-0.05, 0) is 38.6 Å². The molecule has 1 aliphatic rings. The second kappa shape index (κ2) is 12.2. The molecule has 0 spiro atoms. The van der Waals surface area contributed by atoms with E-state index in [1.165, 1.54) is 17.8 Å². The van der Waals surface area contributed by atoms with Crippen LogP contribution in [0.2, 0.25) is 0 Å². The van der Waals surface area contributed by atoms with Crippen molar-refractivity contribution in [1.29, 1.82) is 0 Å². The predicted molar refractivity (Wildman–Crippen MR) is 130 cm³/mol. The van der Waals surface area contributed by atoms with Crippen LogP contribution in [-0.2, 0) is 28.2 Å². The molecule has 200 valence electrons. The van der Waals surface area contributed by atoms with Gasteiger partial charge >= 0.3 is 25.4 Å². The molecule has 4 atom stereocenters. The van der Waals surface area contributed by atoms with Crippen molar-refractivity contribution in [3.63, 3.8) is 0 Å². The Labute approximate surface area is 211 Å². The predicted octanol–water partition coefficient (Wildman–Crippen LogP) is 1.84. The summed E-state index contributed by atoms with van der Waals surface area (Å²) in [6.07, 6.45) is 2.32. The van der Waals surface area contributed by atoms with Crippen molar-refractivity contribution in [1.82, 2.24) is 14.2 Å². The Morgan fingerprint density at radius 2 is 1.95 bits per heavy atom. The quantitative estimate of drug-likeness (QED) is 0.230. The molecule has 0 bridgehead atoms. The number of aryl methyl sites for hydroxylation is 1. The van der Waals surface area contributed by atoms with Gasteiger partial charge in [0.2, 0.25) is 0 Å². The number of H-pyrrole nitrogens is 1. The van der Waals surface area contributed by atoms with E-state index in [4.69, 9.17) is 23.6 Å². The van der Waals surface area contributed by atoms with E-state index in [0.29, 0.717) is 5.56 Å². The highest BCUT2D eigenvalue weighted by atomic mass is 31.2. The molecular formula is C23H28N3O10P. The summed E-state index contributed by atoms with van der Waals surface area (Å²) in [5.74, 6) is -1.77. The lowest BCUT2D eigenvalue weighted by Gasteiger charge is -2.32. The standard InChI is InChI=1S/C23H28N3O10P/c1-15-13-26(23(31)24-21(15)29)19-11-9-17(35-19)14-34-37(32,36-16-7-5-4-6-8-16)25(2)18(22(30)33-3)10-12-20(27)28/h4-9,11,13,17-19H,10,12,14H2,1-3H3,(H,27,28)(H,24,29,31)/t17-,18-,19+,37?/m0/s1. The lowest BCUT2D eigenvalue weighted by atomic mass is 10.1. The SMILES string of the molecule is COC(=O)[C@H](CCC(=O)O)N(C)P(=O)(OC[C@@H]1C=C[C@H](n2cc(C)c(=O)[nH]c2=O)O1)Oc1ccccc1. The van der Waals surface area contributed by atoms with Crippen molar-refractivity contribution in [2.75, 3.05) is 20.8 Å². The Balaban J connectivity index is 1.80. The summed E-state index contributed by atoms with van der Waals surface area (Å²) >= 11 is 0. The van der Waals surface area contributed by atoms with E-state index in [1.54, 1.807) is 49.4 Å². The van der Waals surface area contributed by atoms with Crippen molar-refractivity contribution in [3.05, 3.63) is 75.1 Å². The van der Waals surface area contributed by atoms with Crippen LogP contribution >= 0.6 is 7.75 Å². The molecule has 1 aromatic carbocycles. The first-order chi connectivity index (χ1) is 17.5. The number of hydrogen-bond donors (Lipinski definition) is 2. The molecule has 1 aromatic heterocycles. The van der Waals surface area contributed by atoms with E-state index in [2.05, 4.69) is 4.98 Å². The number of benzene rings is 1. The van der Waals surface area contributed by atoms with Gasteiger partial charge < -0.3 is 19.1 Å². The summed E-state index contributed by atoms with van der Waals surface area (Å²) in [6, 6.07) is 6.87. The van der Waals surface area contributed by atoms with Crippen molar-refractivity contribution in [2.45, 2.75) is 38.1 Å². The zero-order chi connectivity index (χ0) is 27.2. The average Bonchev–Trinajstić information content (AvgIpc) is 3.34. The molecule has 0 saturated carbocycles. The Hall–Kier alpha value is -3.51. The van der Waals surface area contributed by atoms with Crippen molar-refractivity contribution >= 4 is 19.7 Å². The monoisotopic (exact) mass is 537 g/mol. The molecule has 2 aromatic rings. The maximum atomic E-state index is 14.0. The number of carboxylic acids is 1. The second-order valence-corrected chi connectivity index (χ2v) is 10.2. The first-order valence-electron chi connectivity index (χ1n) is 11.2. The number of rotatable bonds is 12. The zero-order valence-corrected chi connectivity index (χ0v) is 21.3. The molecule has 0 radical (unpaired) electrons. The molecular weight excluding hydrogens is 509 g/mol. The summed E-state index contributed by atoms with van der Waals surface area (Å²) in [5.41, 5.74) is -0.855. The number of para-hydroxylation sites is 1. The Morgan fingerprint density at radius 3 is 2.59 bits per heavy atom. The number of aromatic nitrogens is 2. The average molecular weight is 537 g/mol. The first-order valence-corrected chi connectivity index (χ1v) is 12.7. The van der Waals surface area contributed by atoms with E-state index in [1.807, 2.05) is 0 Å². The van der Waals surface area contributed by atoms with Crippen LogP contribution in [0, 0.1) is 6.92 Å². The number of ether oxygens (including phenoxy) is 2. The molecule has 0 amide bonds. The number of carbonyl (C=O) groups excluding carboxylic acids is 1. The van der Waals surface area contributed by atoms with E-state index < -0.39 is 49.3 Å². The van der Waals surface area contributed by atoms with Crippen LogP contribution in [0.1, 0.15) is 24.6 Å². The van der Waals surface area contributed by atoms with Gasteiger partial charge in [0.25, 0.3) is 5.56 Å². The number of hydrogen-bond acceptors (Lipinski definition) is 9. The fourth-order valence-corrected chi connectivity index (χ4v) is 5.14. The van der Waals surface area contributed by atoms with Crippen molar-refractivity contribution < 1.29 is 37.8 Å². The lowest BCUT2D eigenvalue weighted by molar-refractivity contribution is -0.146. The molecule has 1 aliphatic heterocycles. The van der Waals surface area contributed by atoms with Gasteiger partial charge in [-0.1, -0.05) is 24.3 Å². The van der Waals surface area contributed by atoms with Gasteiger partial charge in [0, 0.05) is 18.2 Å². The van der Waals surface area contributed by atoms with Gasteiger partial charge in [0.1, 0.15) is 17.9 Å². The maximum Gasteiger partial charge on any atom is 0.462 e. The Morgan fingerprint density at radius 1 is 1.24 bits per heavy atom. The Kier molecular flexibility index (Phi) is 9.22. The summed E-state index contributed by atoms with van der Waals surface area (Å²) in [6.45, 7) is 1.24. The van der Waals surface area contributed by atoms with Gasteiger partial charge in [0.05, 0.1) is 13.7 Å². The van der Waals surface area contributed by atoms with E-state index in [9.17, 15) is 23.7 Å².